The molecule has 0 amide bonds. The number of methoxy groups -OCH3 is 1. The number of hydrogen-bond acceptors (Lipinski definition) is 5. The quantitative estimate of drug-likeness (QED) is 0.551. The number of carbonyl (C=O) groups is 1. The second kappa shape index (κ2) is 9.01. The van der Waals surface area contributed by atoms with Gasteiger partial charge in [0.2, 0.25) is 0 Å². The Morgan fingerprint density at radius 2 is 2.08 bits per heavy atom. The molecule has 3 atom stereocenters. The van der Waals surface area contributed by atoms with Gasteiger partial charge in [-0.15, -0.1) is 0 Å². The molecule has 1 fully saturated rings. The molecule has 134 valence electrons. The van der Waals surface area contributed by atoms with Gasteiger partial charge in [0.15, 0.2) is 0 Å². The lowest BCUT2D eigenvalue weighted by molar-refractivity contribution is -0.142. The Morgan fingerprint density at radius 3 is 2.67 bits per heavy atom. The molecule has 0 saturated carbocycles. The minimum atomic E-state index is -0.717. The first-order valence-corrected chi connectivity index (χ1v) is 8.57. The smallest absolute Gasteiger partial charge is 0.307 e. The molecule has 0 aliphatic carbocycles. The minimum Gasteiger partial charge on any atom is -0.497 e. The highest BCUT2D eigenvalue weighted by Crippen LogP contribution is 2.26. The van der Waals surface area contributed by atoms with Crippen molar-refractivity contribution in [2.24, 2.45) is 17.8 Å². The predicted octanol–water partition coefficient (Wildman–Crippen LogP) is 1.80. The van der Waals surface area contributed by atoms with E-state index >= 15 is 0 Å². The van der Waals surface area contributed by atoms with Crippen LogP contribution < -0.4 is 20.9 Å². The van der Waals surface area contributed by atoms with Crippen LogP contribution in [0.25, 0.3) is 0 Å². The predicted molar refractivity (Wildman–Crippen MR) is 93.8 cm³/mol. The first-order chi connectivity index (χ1) is 11.5. The topological polar surface area (TPSA) is 82.6 Å². The third kappa shape index (κ3) is 5.19. The van der Waals surface area contributed by atoms with Crippen molar-refractivity contribution in [2.45, 2.75) is 26.3 Å². The van der Waals surface area contributed by atoms with Gasteiger partial charge in [-0.2, -0.15) is 0 Å². The fraction of sp³-hybridized carbons (Fsp3) is 0.611. The summed E-state index contributed by atoms with van der Waals surface area (Å²) in [6.45, 7) is 6.25. The van der Waals surface area contributed by atoms with Gasteiger partial charge >= 0.3 is 5.97 Å². The van der Waals surface area contributed by atoms with Gasteiger partial charge < -0.3 is 15.2 Å². The van der Waals surface area contributed by atoms with Crippen LogP contribution in [0.1, 0.15) is 31.9 Å². The summed E-state index contributed by atoms with van der Waals surface area (Å²) < 4.78 is 5.20. The molecule has 1 aliphatic rings. The Labute approximate surface area is 143 Å². The van der Waals surface area contributed by atoms with Crippen molar-refractivity contribution in [3.05, 3.63) is 29.8 Å². The maximum Gasteiger partial charge on any atom is 0.307 e. The lowest BCUT2D eigenvalue weighted by Crippen LogP contribution is -2.34. The van der Waals surface area contributed by atoms with Gasteiger partial charge in [-0.05, 0) is 30.0 Å². The van der Waals surface area contributed by atoms with E-state index in [2.05, 4.69) is 42.1 Å². The summed E-state index contributed by atoms with van der Waals surface area (Å²) in [5.41, 5.74) is 7.71. The number of benzene rings is 1. The van der Waals surface area contributed by atoms with E-state index in [0.717, 1.165) is 18.8 Å². The largest absolute Gasteiger partial charge is 0.497 e. The van der Waals surface area contributed by atoms with Crippen LogP contribution in [0.3, 0.4) is 0 Å². The highest BCUT2D eigenvalue weighted by molar-refractivity contribution is 5.70. The molecule has 0 spiro atoms. The van der Waals surface area contributed by atoms with Crippen molar-refractivity contribution < 1.29 is 14.6 Å². The molecule has 24 heavy (non-hydrogen) atoms. The van der Waals surface area contributed by atoms with Crippen LogP contribution >= 0.6 is 0 Å². The normalized spacial score (nSPS) is 21.8. The van der Waals surface area contributed by atoms with Crippen LogP contribution in [0, 0.1) is 17.8 Å². The molecule has 1 aliphatic heterocycles. The number of carboxylic acids is 1. The van der Waals surface area contributed by atoms with Gasteiger partial charge in [0.1, 0.15) is 5.75 Å². The fourth-order valence-electron chi connectivity index (χ4n) is 3.18. The molecule has 1 heterocycles. The number of carboxylic acid groups (broad SMARTS) is 1. The summed E-state index contributed by atoms with van der Waals surface area (Å²) in [7, 11) is 1.66. The maximum atomic E-state index is 11.3. The van der Waals surface area contributed by atoms with E-state index in [0.29, 0.717) is 24.8 Å². The van der Waals surface area contributed by atoms with Gasteiger partial charge in [0.05, 0.1) is 19.1 Å². The van der Waals surface area contributed by atoms with Crippen LogP contribution in [-0.4, -0.2) is 37.8 Å². The van der Waals surface area contributed by atoms with Crippen LogP contribution in [0.15, 0.2) is 24.3 Å². The van der Waals surface area contributed by atoms with Crippen LogP contribution in [0.5, 0.6) is 5.75 Å². The Kier molecular flexibility index (Phi) is 7.02. The Morgan fingerprint density at radius 1 is 1.38 bits per heavy atom. The van der Waals surface area contributed by atoms with Gasteiger partial charge in [0.25, 0.3) is 0 Å². The zero-order chi connectivity index (χ0) is 17.5. The number of hydrogen-bond donors (Lipinski definition) is 4. The minimum absolute atomic E-state index is 0.205. The molecule has 6 heteroatoms. The summed E-state index contributed by atoms with van der Waals surface area (Å²) in [6.07, 6.45) is 0.700. The van der Waals surface area contributed by atoms with Gasteiger partial charge in [0, 0.05) is 25.6 Å². The summed E-state index contributed by atoms with van der Waals surface area (Å²) in [4.78, 5) is 11.3. The highest BCUT2D eigenvalue weighted by Gasteiger charge is 2.28. The second-order valence-electron chi connectivity index (χ2n) is 6.86. The molecule has 1 saturated heterocycles. The molecule has 1 aromatic rings. The standard InChI is InChI=1S/C18H29N3O3/c1-12(2)8-14(18(22)23)9-19-10-15-11-20-21-17(15)13-4-6-16(24-3)7-5-13/h4-7,12,14-15,17,19-21H,8-11H2,1-3H3,(H,22,23). The third-order valence-electron chi connectivity index (χ3n) is 4.47. The van der Waals surface area contributed by atoms with E-state index < -0.39 is 5.97 Å². The highest BCUT2D eigenvalue weighted by atomic mass is 16.5. The molecule has 0 bridgehead atoms. The number of hydrazine groups is 1. The van der Waals surface area contributed by atoms with Crippen molar-refractivity contribution in [3.8, 4) is 5.75 Å². The summed E-state index contributed by atoms with van der Waals surface area (Å²) in [5.74, 6) is 0.552. The first-order valence-electron chi connectivity index (χ1n) is 8.57. The number of aliphatic carboxylic acids is 1. The molecule has 0 radical (unpaired) electrons. The lowest BCUT2D eigenvalue weighted by atomic mass is 9.94. The molecule has 1 aromatic carbocycles. The zero-order valence-corrected chi connectivity index (χ0v) is 14.7. The first kappa shape index (κ1) is 18.7. The second-order valence-corrected chi connectivity index (χ2v) is 6.86. The monoisotopic (exact) mass is 335 g/mol. The van der Waals surface area contributed by atoms with Crippen molar-refractivity contribution >= 4 is 5.97 Å². The molecule has 0 aromatic heterocycles. The average molecular weight is 335 g/mol. The SMILES string of the molecule is COc1ccc(C2NNCC2CNCC(CC(C)C)C(=O)O)cc1. The third-order valence-corrected chi connectivity index (χ3v) is 4.47. The van der Waals surface area contributed by atoms with Crippen molar-refractivity contribution in [2.75, 3.05) is 26.7 Å². The van der Waals surface area contributed by atoms with Gasteiger partial charge in [-0.3, -0.25) is 10.2 Å². The van der Waals surface area contributed by atoms with Crippen LogP contribution in [0.2, 0.25) is 0 Å². The van der Waals surface area contributed by atoms with Crippen molar-refractivity contribution in [3.63, 3.8) is 0 Å². The summed E-state index contributed by atoms with van der Waals surface area (Å²) in [6, 6.07) is 8.26. The molecule has 2 rings (SSSR count). The average Bonchev–Trinajstić information content (AvgIpc) is 3.02. The molecule has 4 N–H and O–H groups in total. The number of rotatable bonds is 9. The number of nitrogens with one attached hydrogen (secondary N) is 3. The molecular weight excluding hydrogens is 306 g/mol. The van der Waals surface area contributed by atoms with E-state index in [4.69, 9.17) is 4.74 Å². The fourth-order valence-corrected chi connectivity index (χ4v) is 3.18. The summed E-state index contributed by atoms with van der Waals surface area (Å²) in [5, 5.41) is 12.7. The molecular formula is C18H29N3O3. The lowest BCUT2D eigenvalue weighted by Gasteiger charge is -2.21. The Balaban J connectivity index is 1.87. The van der Waals surface area contributed by atoms with E-state index in [1.807, 2.05) is 12.1 Å². The van der Waals surface area contributed by atoms with Gasteiger partial charge in [-0.1, -0.05) is 26.0 Å². The van der Waals surface area contributed by atoms with Gasteiger partial charge in [-0.25, -0.2) is 5.43 Å². The van der Waals surface area contributed by atoms with E-state index in [-0.39, 0.29) is 12.0 Å². The zero-order valence-electron chi connectivity index (χ0n) is 14.7. The van der Waals surface area contributed by atoms with E-state index in [1.165, 1.54) is 5.56 Å². The number of ether oxygens (including phenoxy) is 1. The van der Waals surface area contributed by atoms with Crippen molar-refractivity contribution in [1.82, 2.24) is 16.2 Å². The van der Waals surface area contributed by atoms with Crippen LogP contribution in [-0.2, 0) is 4.79 Å². The van der Waals surface area contributed by atoms with Crippen molar-refractivity contribution in [1.29, 1.82) is 0 Å². The summed E-state index contributed by atoms with van der Waals surface area (Å²) >= 11 is 0. The Bertz CT molecular complexity index is 519. The Hall–Kier alpha value is -1.63. The van der Waals surface area contributed by atoms with E-state index in [1.54, 1.807) is 7.11 Å². The van der Waals surface area contributed by atoms with Crippen LogP contribution in [0.4, 0.5) is 0 Å². The van der Waals surface area contributed by atoms with E-state index in [9.17, 15) is 9.90 Å². The molecule has 6 nitrogen and oxygen atoms in total. The molecule has 3 unspecified atom stereocenters. The maximum absolute atomic E-state index is 11.3.